The molecule has 0 radical (unpaired) electrons. The number of nitrogens with zero attached hydrogens (tertiary/aromatic N) is 2. The number of hydrogen-bond donors (Lipinski definition) is 2. The van der Waals surface area contributed by atoms with E-state index >= 15 is 0 Å². The van der Waals surface area contributed by atoms with Crippen LogP contribution in [0.1, 0.15) is 31.0 Å². The third kappa shape index (κ3) is 3.85. The lowest BCUT2D eigenvalue weighted by molar-refractivity contribution is -0.653. The third-order valence-electron chi connectivity index (χ3n) is 5.79. The summed E-state index contributed by atoms with van der Waals surface area (Å²) in [6.07, 6.45) is 2.38. The van der Waals surface area contributed by atoms with Gasteiger partial charge in [0.15, 0.2) is 5.69 Å². The average molecular weight is 422 g/mol. The molecule has 0 spiro atoms. The van der Waals surface area contributed by atoms with Gasteiger partial charge in [-0.25, -0.2) is 0 Å². The van der Waals surface area contributed by atoms with Crippen molar-refractivity contribution in [1.82, 2.24) is 0 Å². The Bertz CT molecular complexity index is 1090. The molecule has 4 rings (SSSR count). The zero-order valence-electron chi connectivity index (χ0n) is 17.6. The van der Waals surface area contributed by atoms with Gasteiger partial charge in [-0.15, -0.1) is 0 Å². The van der Waals surface area contributed by atoms with Crippen molar-refractivity contribution in [2.75, 3.05) is 24.7 Å². The van der Waals surface area contributed by atoms with Crippen molar-refractivity contribution in [3.8, 4) is 0 Å². The fraction of sp³-hybridized carbons (Fsp3) is 0.320. The van der Waals surface area contributed by atoms with Crippen LogP contribution in [0.4, 0.5) is 5.69 Å². The highest BCUT2D eigenvalue weighted by molar-refractivity contribution is 8.04. The summed E-state index contributed by atoms with van der Waals surface area (Å²) >= 11 is 1.82. The lowest BCUT2D eigenvalue weighted by Gasteiger charge is -2.23. The Labute approximate surface area is 182 Å². The van der Waals surface area contributed by atoms with Gasteiger partial charge in [0.05, 0.1) is 29.1 Å². The van der Waals surface area contributed by atoms with Crippen LogP contribution in [0.15, 0.2) is 64.5 Å². The summed E-state index contributed by atoms with van der Waals surface area (Å²) in [4.78, 5) is 3.68. The van der Waals surface area contributed by atoms with Crippen LogP contribution in [-0.4, -0.2) is 30.0 Å². The Kier molecular flexibility index (Phi) is 6.42. The summed E-state index contributed by atoms with van der Waals surface area (Å²) in [5.74, 6) is 0. The number of aliphatic hydroxyl groups is 2. The molecule has 2 heterocycles. The second-order valence-corrected chi connectivity index (χ2v) is 8.71. The first-order valence-electron chi connectivity index (χ1n) is 10.5. The van der Waals surface area contributed by atoms with Gasteiger partial charge in [0, 0.05) is 35.7 Å². The number of fused-ring (bicyclic) bond motifs is 2. The van der Waals surface area contributed by atoms with E-state index in [4.69, 9.17) is 0 Å². The van der Waals surface area contributed by atoms with Crippen LogP contribution in [0.3, 0.4) is 0 Å². The van der Waals surface area contributed by atoms with Gasteiger partial charge in [-0.1, -0.05) is 36.0 Å². The Morgan fingerprint density at radius 2 is 1.77 bits per heavy atom. The number of aryl methyl sites for hydroxylation is 1. The minimum Gasteiger partial charge on any atom is -0.396 e. The highest BCUT2D eigenvalue weighted by Gasteiger charge is 2.28. The van der Waals surface area contributed by atoms with Crippen molar-refractivity contribution in [3.05, 3.63) is 70.9 Å². The first-order chi connectivity index (χ1) is 14.7. The highest BCUT2D eigenvalue weighted by Crippen LogP contribution is 2.49. The van der Waals surface area contributed by atoms with Gasteiger partial charge in [0.25, 0.3) is 0 Å². The molecule has 2 N–H and O–H groups in total. The lowest BCUT2D eigenvalue weighted by atomic mass is 10.00. The summed E-state index contributed by atoms with van der Waals surface area (Å²) in [6.45, 7) is 3.46. The molecule has 0 aliphatic carbocycles. The van der Waals surface area contributed by atoms with Gasteiger partial charge in [0.2, 0.25) is 5.52 Å². The number of aromatic nitrogens is 1. The molecule has 0 bridgehead atoms. The van der Waals surface area contributed by atoms with Gasteiger partial charge in [0.1, 0.15) is 7.05 Å². The number of para-hydroxylation sites is 2. The van der Waals surface area contributed by atoms with E-state index in [1.807, 2.05) is 11.8 Å². The number of thioether (sulfide) groups is 1. The van der Waals surface area contributed by atoms with Gasteiger partial charge in [-0.2, -0.15) is 4.57 Å². The van der Waals surface area contributed by atoms with Crippen LogP contribution in [0.2, 0.25) is 0 Å². The third-order valence-corrected chi connectivity index (χ3v) is 7.07. The Hall–Kier alpha value is -2.34. The molecule has 30 heavy (non-hydrogen) atoms. The van der Waals surface area contributed by atoms with Crippen LogP contribution in [0.5, 0.6) is 0 Å². The van der Waals surface area contributed by atoms with E-state index in [2.05, 4.69) is 78.0 Å². The second kappa shape index (κ2) is 9.21. The summed E-state index contributed by atoms with van der Waals surface area (Å²) in [7, 11) is 2.07. The van der Waals surface area contributed by atoms with Crippen LogP contribution in [-0.2, 0) is 13.5 Å². The van der Waals surface area contributed by atoms with Crippen molar-refractivity contribution in [2.45, 2.75) is 31.1 Å². The van der Waals surface area contributed by atoms with Crippen molar-refractivity contribution in [1.29, 1.82) is 0 Å². The molecule has 0 amide bonds. The predicted molar refractivity (Wildman–Crippen MR) is 124 cm³/mol. The van der Waals surface area contributed by atoms with E-state index in [0.29, 0.717) is 6.42 Å². The summed E-state index contributed by atoms with van der Waals surface area (Å²) in [5, 5.41) is 21.3. The van der Waals surface area contributed by atoms with Crippen molar-refractivity contribution < 1.29 is 14.8 Å². The predicted octanol–water partition coefficient (Wildman–Crippen LogP) is 4.27. The lowest BCUT2D eigenvalue weighted by Crippen LogP contribution is -2.35. The zero-order valence-corrected chi connectivity index (χ0v) is 18.5. The van der Waals surface area contributed by atoms with E-state index < -0.39 is 0 Å². The number of hydrogen-bond acceptors (Lipinski definition) is 4. The first-order valence-corrected chi connectivity index (χ1v) is 11.4. The number of anilines is 1. The Morgan fingerprint density at radius 3 is 2.57 bits per heavy atom. The molecule has 0 saturated carbocycles. The molecule has 5 heteroatoms. The smallest absolute Gasteiger partial charge is 0.213 e. The van der Waals surface area contributed by atoms with E-state index in [9.17, 15) is 10.2 Å². The normalized spacial score (nSPS) is 15.0. The maximum atomic E-state index is 9.58. The summed E-state index contributed by atoms with van der Waals surface area (Å²) < 4.78 is 2.18. The molecule has 2 aromatic carbocycles. The standard InChI is InChI=1S/C25H29N2O2S/c1-18(21-17-19(13-16-29)26(2)22-10-4-3-9-20(21)22)25-27(14-7-8-15-28)23-11-5-6-12-24(23)30-25/h3-6,9-12,17,28-29H,7-8,13-16H2,1-2H3/q+1. The van der Waals surface area contributed by atoms with Crippen molar-refractivity contribution in [2.24, 2.45) is 7.05 Å². The molecule has 156 valence electrons. The van der Waals surface area contributed by atoms with Gasteiger partial charge in [-0.3, -0.25) is 0 Å². The number of unbranched alkanes of at least 4 members (excludes halogenated alkanes) is 1. The van der Waals surface area contributed by atoms with Crippen molar-refractivity contribution in [3.63, 3.8) is 0 Å². The highest BCUT2D eigenvalue weighted by atomic mass is 32.2. The largest absolute Gasteiger partial charge is 0.396 e. The van der Waals surface area contributed by atoms with Crippen LogP contribution in [0.25, 0.3) is 16.5 Å². The maximum absolute atomic E-state index is 9.58. The molecule has 4 nitrogen and oxygen atoms in total. The van der Waals surface area contributed by atoms with Crippen LogP contribution < -0.4 is 9.47 Å². The zero-order chi connectivity index (χ0) is 21.1. The second-order valence-electron chi connectivity index (χ2n) is 7.68. The number of pyridine rings is 1. The molecule has 3 aromatic rings. The number of rotatable bonds is 7. The van der Waals surface area contributed by atoms with Crippen LogP contribution >= 0.6 is 11.8 Å². The van der Waals surface area contributed by atoms with E-state index in [1.165, 1.54) is 37.7 Å². The quantitative estimate of drug-likeness (QED) is 0.442. The molecular formula is C25H29N2O2S+. The summed E-state index contributed by atoms with van der Waals surface area (Å²) in [5.41, 5.74) is 6.01. The average Bonchev–Trinajstić information content (AvgIpc) is 3.14. The minimum atomic E-state index is 0.134. The molecule has 1 aliphatic heterocycles. The maximum Gasteiger partial charge on any atom is 0.213 e. The SMILES string of the molecule is C/C(=C1\Sc2ccccc2N1CCCCO)c1cc(CCO)[n+](C)c2ccccc12. The number of allylic oxidation sites excluding steroid dienone is 1. The molecule has 0 unspecified atom stereocenters. The first kappa shape index (κ1) is 20.9. The molecular weight excluding hydrogens is 392 g/mol. The van der Waals surface area contributed by atoms with Gasteiger partial charge < -0.3 is 15.1 Å². The molecule has 0 fully saturated rings. The van der Waals surface area contributed by atoms with E-state index in [1.54, 1.807) is 0 Å². The van der Waals surface area contributed by atoms with Crippen molar-refractivity contribution >= 4 is 33.9 Å². The molecule has 0 atom stereocenters. The fourth-order valence-electron chi connectivity index (χ4n) is 4.19. The van der Waals surface area contributed by atoms with E-state index in [0.717, 1.165) is 25.1 Å². The van der Waals surface area contributed by atoms with E-state index in [-0.39, 0.29) is 13.2 Å². The minimum absolute atomic E-state index is 0.134. The summed E-state index contributed by atoms with van der Waals surface area (Å²) in [6, 6.07) is 19.3. The topological polar surface area (TPSA) is 47.6 Å². The molecule has 1 aromatic heterocycles. The monoisotopic (exact) mass is 421 g/mol. The number of aliphatic hydroxyl groups excluding tert-OH is 2. The van der Waals surface area contributed by atoms with Gasteiger partial charge >= 0.3 is 0 Å². The van der Waals surface area contributed by atoms with Gasteiger partial charge in [-0.05, 0) is 43.5 Å². The Morgan fingerprint density at radius 1 is 1.00 bits per heavy atom. The fourth-order valence-corrected chi connectivity index (χ4v) is 5.39. The molecule has 1 aliphatic rings. The van der Waals surface area contributed by atoms with Crippen LogP contribution in [0, 0.1) is 0 Å². The molecule has 0 saturated heterocycles. The number of benzene rings is 2. The Balaban J connectivity index is 1.87.